The summed E-state index contributed by atoms with van der Waals surface area (Å²) >= 11 is 0. The Hall–Kier alpha value is -2.42. The van der Waals surface area contributed by atoms with Crippen LogP contribution in [-0.4, -0.2) is 58.0 Å². The number of aryl methyl sites for hydroxylation is 3. The smallest absolute Gasteiger partial charge is 0.243 e. The molecule has 0 radical (unpaired) electrons. The first-order chi connectivity index (χ1) is 14.7. The number of ether oxygens (including phenoxy) is 1. The van der Waals surface area contributed by atoms with Crippen LogP contribution >= 0.6 is 0 Å². The van der Waals surface area contributed by atoms with Crippen molar-refractivity contribution in [1.29, 1.82) is 0 Å². The molecular formula is C23H31N3O4S. The van der Waals surface area contributed by atoms with Gasteiger partial charge in [0.15, 0.2) is 0 Å². The SMILES string of the molecule is CCN(CC(=O)Nc1ccc(C)c(S(=O)(=O)N2CCOCC2)c1)c1cc(C)cc(C)c1. The van der Waals surface area contributed by atoms with Gasteiger partial charge in [-0.1, -0.05) is 12.1 Å². The Morgan fingerprint density at radius 1 is 1.06 bits per heavy atom. The molecule has 1 fully saturated rings. The molecule has 1 saturated heterocycles. The van der Waals surface area contributed by atoms with E-state index in [1.54, 1.807) is 25.1 Å². The molecule has 1 aliphatic heterocycles. The van der Waals surface area contributed by atoms with Crippen LogP contribution in [0.5, 0.6) is 0 Å². The molecule has 0 spiro atoms. The minimum atomic E-state index is -3.64. The van der Waals surface area contributed by atoms with Crippen LogP contribution in [0.15, 0.2) is 41.3 Å². The van der Waals surface area contributed by atoms with Crippen LogP contribution in [0.1, 0.15) is 23.6 Å². The third kappa shape index (κ3) is 5.64. The lowest BCUT2D eigenvalue weighted by Gasteiger charge is -2.27. The molecule has 0 atom stereocenters. The van der Waals surface area contributed by atoms with E-state index < -0.39 is 10.0 Å². The largest absolute Gasteiger partial charge is 0.379 e. The van der Waals surface area contributed by atoms with Crippen LogP contribution in [-0.2, 0) is 19.6 Å². The summed E-state index contributed by atoms with van der Waals surface area (Å²) in [4.78, 5) is 15.0. The van der Waals surface area contributed by atoms with Gasteiger partial charge in [-0.25, -0.2) is 8.42 Å². The van der Waals surface area contributed by atoms with Crippen LogP contribution in [0.4, 0.5) is 11.4 Å². The van der Waals surface area contributed by atoms with Crippen molar-refractivity contribution in [3.05, 3.63) is 53.1 Å². The van der Waals surface area contributed by atoms with Gasteiger partial charge in [0, 0.05) is 31.0 Å². The lowest BCUT2D eigenvalue weighted by molar-refractivity contribution is -0.115. The first kappa shape index (κ1) is 23.2. The molecule has 0 aliphatic carbocycles. The summed E-state index contributed by atoms with van der Waals surface area (Å²) < 4.78 is 32.8. The molecule has 168 valence electrons. The fraction of sp³-hybridized carbons (Fsp3) is 0.435. The number of anilines is 2. The number of carbonyl (C=O) groups excluding carboxylic acids is 1. The maximum absolute atomic E-state index is 13.1. The second-order valence-corrected chi connectivity index (χ2v) is 9.81. The second kappa shape index (κ2) is 9.80. The van der Waals surface area contributed by atoms with E-state index in [4.69, 9.17) is 4.74 Å². The van der Waals surface area contributed by atoms with Crippen LogP contribution in [0.25, 0.3) is 0 Å². The molecule has 1 amide bonds. The fourth-order valence-corrected chi connectivity index (χ4v) is 5.43. The van der Waals surface area contributed by atoms with Gasteiger partial charge in [-0.3, -0.25) is 4.79 Å². The lowest BCUT2D eigenvalue weighted by Crippen LogP contribution is -2.40. The Kier molecular flexibility index (Phi) is 7.35. The molecule has 0 unspecified atom stereocenters. The minimum Gasteiger partial charge on any atom is -0.379 e. The maximum atomic E-state index is 13.1. The van der Waals surface area contributed by atoms with Crippen molar-refractivity contribution >= 4 is 27.3 Å². The highest BCUT2D eigenvalue weighted by molar-refractivity contribution is 7.89. The van der Waals surface area contributed by atoms with E-state index in [-0.39, 0.29) is 17.3 Å². The number of nitrogens with one attached hydrogen (secondary N) is 1. The monoisotopic (exact) mass is 445 g/mol. The van der Waals surface area contributed by atoms with Gasteiger partial charge in [-0.2, -0.15) is 4.31 Å². The Morgan fingerprint density at radius 3 is 2.32 bits per heavy atom. The highest BCUT2D eigenvalue weighted by Crippen LogP contribution is 2.25. The van der Waals surface area contributed by atoms with Crippen molar-refractivity contribution in [2.45, 2.75) is 32.6 Å². The zero-order valence-corrected chi connectivity index (χ0v) is 19.5. The third-order valence-electron chi connectivity index (χ3n) is 5.35. The van der Waals surface area contributed by atoms with Gasteiger partial charge in [0.25, 0.3) is 0 Å². The molecule has 1 heterocycles. The average molecular weight is 446 g/mol. The summed E-state index contributed by atoms with van der Waals surface area (Å²) in [6.07, 6.45) is 0. The molecule has 8 heteroatoms. The lowest BCUT2D eigenvalue weighted by atomic mass is 10.1. The van der Waals surface area contributed by atoms with E-state index in [9.17, 15) is 13.2 Å². The van der Waals surface area contributed by atoms with E-state index in [1.165, 1.54) is 4.31 Å². The standard InChI is InChI=1S/C23H31N3O4S/c1-5-25(21-13-17(2)12-18(3)14-21)16-23(27)24-20-7-6-19(4)22(15-20)31(28,29)26-8-10-30-11-9-26/h6-7,12-15H,5,8-11,16H2,1-4H3,(H,24,27). The van der Waals surface area contributed by atoms with Gasteiger partial charge in [0.2, 0.25) is 15.9 Å². The highest BCUT2D eigenvalue weighted by atomic mass is 32.2. The van der Waals surface area contributed by atoms with E-state index >= 15 is 0 Å². The van der Waals surface area contributed by atoms with Gasteiger partial charge < -0.3 is 15.0 Å². The number of likely N-dealkylation sites (N-methyl/N-ethyl adjacent to an activating group) is 1. The molecule has 0 saturated carbocycles. The number of hydrogen-bond donors (Lipinski definition) is 1. The molecule has 31 heavy (non-hydrogen) atoms. The Labute approximate surface area is 185 Å². The second-order valence-electron chi connectivity index (χ2n) is 7.90. The van der Waals surface area contributed by atoms with E-state index in [2.05, 4.69) is 23.5 Å². The molecule has 2 aromatic rings. The third-order valence-corrected chi connectivity index (χ3v) is 7.39. The number of carbonyl (C=O) groups is 1. The molecule has 1 aliphatic rings. The molecule has 1 N–H and O–H groups in total. The number of morpholine rings is 1. The van der Waals surface area contributed by atoms with Gasteiger partial charge in [-0.15, -0.1) is 0 Å². The predicted octanol–water partition coefficient (Wildman–Crippen LogP) is 3.10. The zero-order chi connectivity index (χ0) is 22.6. The topological polar surface area (TPSA) is 79.0 Å². The molecule has 0 bridgehead atoms. The maximum Gasteiger partial charge on any atom is 0.243 e. The molecule has 3 rings (SSSR count). The quantitative estimate of drug-likeness (QED) is 0.709. The van der Waals surface area contributed by atoms with Gasteiger partial charge in [0.05, 0.1) is 24.7 Å². The van der Waals surface area contributed by atoms with Crippen molar-refractivity contribution in [1.82, 2.24) is 4.31 Å². The molecule has 0 aromatic heterocycles. The fourth-order valence-electron chi connectivity index (χ4n) is 3.77. The van der Waals surface area contributed by atoms with Gasteiger partial charge >= 0.3 is 0 Å². The summed E-state index contributed by atoms with van der Waals surface area (Å²) in [5, 5.41) is 2.86. The zero-order valence-electron chi connectivity index (χ0n) is 18.6. The van der Waals surface area contributed by atoms with Crippen molar-refractivity contribution < 1.29 is 17.9 Å². The first-order valence-corrected chi connectivity index (χ1v) is 12.0. The van der Waals surface area contributed by atoms with E-state index in [1.807, 2.05) is 25.7 Å². The number of benzene rings is 2. The summed E-state index contributed by atoms with van der Waals surface area (Å²) in [7, 11) is -3.64. The normalized spacial score (nSPS) is 15.0. The first-order valence-electron chi connectivity index (χ1n) is 10.5. The minimum absolute atomic E-state index is 0.179. The van der Waals surface area contributed by atoms with Crippen LogP contribution in [0, 0.1) is 20.8 Å². The Bertz CT molecular complexity index is 1030. The van der Waals surface area contributed by atoms with E-state index in [0.717, 1.165) is 16.8 Å². The Morgan fingerprint density at radius 2 is 1.71 bits per heavy atom. The summed E-state index contributed by atoms with van der Waals surface area (Å²) in [6, 6.07) is 11.2. The Balaban J connectivity index is 1.76. The number of hydrogen-bond acceptors (Lipinski definition) is 5. The number of sulfonamides is 1. The van der Waals surface area contributed by atoms with Crippen molar-refractivity contribution in [3.63, 3.8) is 0 Å². The number of nitrogens with zero attached hydrogens (tertiary/aromatic N) is 2. The average Bonchev–Trinajstić information content (AvgIpc) is 2.73. The van der Waals surface area contributed by atoms with Crippen LogP contribution < -0.4 is 10.2 Å². The summed E-state index contributed by atoms with van der Waals surface area (Å²) in [5.74, 6) is -0.195. The predicted molar refractivity (Wildman–Crippen MR) is 123 cm³/mol. The van der Waals surface area contributed by atoms with Crippen molar-refractivity contribution in [2.24, 2.45) is 0 Å². The van der Waals surface area contributed by atoms with Crippen molar-refractivity contribution in [3.8, 4) is 0 Å². The van der Waals surface area contributed by atoms with Gasteiger partial charge in [-0.05, 0) is 68.7 Å². The number of rotatable bonds is 7. The molecular weight excluding hydrogens is 414 g/mol. The summed E-state index contributed by atoms with van der Waals surface area (Å²) in [6.45, 7) is 10.1. The molecule has 7 nitrogen and oxygen atoms in total. The summed E-state index contributed by atoms with van der Waals surface area (Å²) in [5.41, 5.74) is 4.40. The van der Waals surface area contributed by atoms with Crippen LogP contribution in [0.2, 0.25) is 0 Å². The van der Waals surface area contributed by atoms with E-state index in [0.29, 0.717) is 44.1 Å². The number of amides is 1. The van der Waals surface area contributed by atoms with Crippen molar-refractivity contribution in [2.75, 3.05) is 49.6 Å². The molecule has 2 aromatic carbocycles. The van der Waals surface area contributed by atoms with Crippen LogP contribution in [0.3, 0.4) is 0 Å². The van der Waals surface area contributed by atoms with Gasteiger partial charge in [0.1, 0.15) is 0 Å². The highest BCUT2D eigenvalue weighted by Gasteiger charge is 2.28.